The number of hydrogen-bond acceptors (Lipinski definition) is 3. The zero-order valence-electron chi connectivity index (χ0n) is 11.0. The largest absolute Gasteiger partial charge is 0.310 e. The van der Waals surface area contributed by atoms with Gasteiger partial charge in [0.05, 0.1) is 12.0 Å². The van der Waals surface area contributed by atoms with Gasteiger partial charge in [0.2, 0.25) is 0 Å². The highest BCUT2D eigenvalue weighted by molar-refractivity contribution is 4.97. The highest BCUT2D eigenvalue weighted by Gasteiger charge is 2.29. The summed E-state index contributed by atoms with van der Waals surface area (Å²) in [6.45, 7) is 5.90. The standard InChI is InChI=1S/C14H25N3/c1-2-17-9-4-6-13(8-10-17)16-14-7-3-5-12(14)11-15/h12-14,16H,2-10H2,1H3. The van der Waals surface area contributed by atoms with Crippen molar-refractivity contribution in [3.05, 3.63) is 0 Å². The molecule has 3 heteroatoms. The molecule has 1 aliphatic carbocycles. The van der Waals surface area contributed by atoms with E-state index in [2.05, 4.69) is 23.2 Å². The second kappa shape index (κ2) is 6.37. The zero-order valence-corrected chi connectivity index (χ0v) is 11.0. The Kier molecular flexibility index (Phi) is 4.82. The first-order chi connectivity index (χ1) is 8.33. The zero-order chi connectivity index (χ0) is 12.1. The summed E-state index contributed by atoms with van der Waals surface area (Å²) in [5.41, 5.74) is 0. The van der Waals surface area contributed by atoms with Crippen LogP contribution in [-0.2, 0) is 0 Å². The summed E-state index contributed by atoms with van der Waals surface area (Å²) >= 11 is 0. The quantitative estimate of drug-likeness (QED) is 0.814. The molecule has 2 fully saturated rings. The lowest BCUT2D eigenvalue weighted by Gasteiger charge is -2.23. The summed E-state index contributed by atoms with van der Waals surface area (Å²) in [6, 6.07) is 3.58. The van der Waals surface area contributed by atoms with E-state index in [0.717, 1.165) is 6.42 Å². The molecule has 3 atom stereocenters. The lowest BCUT2D eigenvalue weighted by atomic mass is 10.0. The summed E-state index contributed by atoms with van der Waals surface area (Å²) < 4.78 is 0. The van der Waals surface area contributed by atoms with Crippen molar-refractivity contribution in [2.75, 3.05) is 19.6 Å². The Balaban J connectivity index is 1.81. The van der Waals surface area contributed by atoms with E-state index in [9.17, 15) is 0 Å². The van der Waals surface area contributed by atoms with E-state index in [1.165, 1.54) is 51.7 Å². The van der Waals surface area contributed by atoms with Crippen LogP contribution in [0.25, 0.3) is 0 Å². The van der Waals surface area contributed by atoms with Crippen LogP contribution in [0.2, 0.25) is 0 Å². The molecule has 96 valence electrons. The molecule has 0 bridgehead atoms. The molecule has 1 saturated heterocycles. The van der Waals surface area contributed by atoms with Crippen molar-refractivity contribution in [2.45, 2.75) is 57.5 Å². The van der Waals surface area contributed by atoms with Gasteiger partial charge in [-0.1, -0.05) is 13.3 Å². The molecule has 1 heterocycles. The van der Waals surface area contributed by atoms with Crippen molar-refractivity contribution in [1.29, 1.82) is 5.26 Å². The first kappa shape index (κ1) is 12.9. The normalized spacial score (nSPS) is 35.4. The Bertz CT molecular complexity index is 271. The molecule has 2 aliphatic rings. The van der Waals surface area contributed by atoms with Crippen LogP contribution < -0.4 is 5.32 Å². The third-order valence-corrected chi connectivity index (χ3v) is 4.40. The summed E-state index contributed by atoms with van der Waals surface area (Å²) in [7, 11) is 0. The highest BCUT2D eigenvalue weighted by atomic mass is 15.1. The van der Waals surface area contributed by atoms with Crippen LogP contribution in [0.5, 0.6) is 0 Å². The second-order valence-corrected chi connectivity index (χ2v) is 5.50. The molecule has 0 spiro atoms. The molecule has 1 aliphatic heterocycles. The molecule has 1 saturated carbocycles. The van der Waals surface area contributed by atoms with Crippen LogP contribution in [0, 0.1) is 17.2 Å². The van der Waals surface area contributed by atoms with E-state index in [1.807, 2.05) is 0 Å². The highest BCUT2D eigenvalue weighted by Crippen LogP contribution is 2.26. The van der Waals surface area contributed by atoms with Gasteiger partial charge in [0.1, 0.15) is 0 Å². The Hall–Kier alpha value is -0.590. The van der Waals surface area contributed by atoms with Crippen molar-refractivity contribution < 1.29 is 0 Å². The van der Waals surface area contributed by atoms with Gasteiger partial charge in [0, 0.05) is 12.1 Å². The topological polar surface area (TPSA) is 39.1 Å². The van der Waals surface area contributed by atoms with E-state index in [1.54, 1.807) is 0 Å². The maximum atomic E-state index is 9.10. The maximum absolute atomic E-state index is 9.10. The molecule has 0 aromatic rings. The molecule has 0 aromatic heterocycles. The van der Waals surface area contributed by atoms with Crippen LogP contribution in [-0.4, -0.2) is 36.6 Å². The Morgan fingerprint density at radius 1 is 1.18 bits per heavy atom. The van der Waals surface area contributed by atoms with Gasteiger partial charge in [-0.25, -0.2) is 0 Å². The molecule has 2 rings (SSSR count). The molecule has 0 radical (unpaired) electrons. The Morgan fingerprint density at radius 2 is 2.06 bits per heavy atom. The Labute approximate surface area is 105 Å². The fraction of sp³-hybridized carbons (Fsp3) is 0.929. The number of likely N-dealkylation sites (tertiary alicyclic amines) is 1. The number of nitriles is 1. The average molecular weight is 235 g/mol. The first-order valence-corrected chi connectivity index (χ1v) is 7.21. The third-order valence-electron chi connectivity index (χ3n) is 4.40. The summed E-state index contributed by atoms with van der Waals surface area (Å²) in [4.78, 5) is 2.54. The van der Waals surface area contributed by atoms with E-state index >= 15 is 0 Å². The van der Waals surface area contributed by atoms with Gasteiger partial charge in [-0.15, -0.1) is 0 Å². The predicted octanol–water partition coefficient (Wildman–Crippen LogP) is 2.14. The molecule has 3 unspecified atom stereocenters. The summed E-state index contributed by atoms with van der Waals surface area (Å²) in [6.07, 6.45) is 7.36. The number of hydrogen-bond donors (Lipinski definition) is 1. The molecule has 0 amide bonds. The molecule has 1 N–H and O–H groups in total. The SMILES string of the molecule is CCN1CCCC(NC2CCCC2C#N)CC1. The Morgan fingerprint density at radius 3 is 2.82 bits per heavy atom. The molecule has 3 nitrogen and oxygen atoms in total. The minimum atomic E-state index is 0.264. The molecular formula is C14H25N3. The van der Waals surface area contributed by atoms with Crippen LogP contribution in [0.15, 0.2) is 0 Å². The van der Waals surface area contributed by atoms with Gasteiger partial charge in [0.25, 0.3) is 0 Å². The first-order valence-electron chi connectivity index (χ1n) is 7.21. The van der Waals surface area contributed by atoms with Gasteiger partial charge in [0.15, 0.2) is 0 Å². The van der Waals surface area contributed by atoms with Crippen molar-refractivity contribution in [3.8, 4) is 6.07 Å². The number of nitrogens with zero attached hydrogens (tertiary/aromatic N) is 2. The van der Waals surface area contributed by atoms with E-state index < -0.39 is 0 Å². The van der Waals surface area contributed by atoms with Gasteiger partial charge in [-0.3, -0.25) is 0 Å². The lowest BCUT2D eigenvalue weighted by Crippen LogP contribution is -2.40. The monoisotopic (exact) mass is 235 g/mol. The molecular weight excluding hydrogens is 210 g/mol. The van der Waals surface area contributed by atoms with Crippen LogP contribution in [0.3, 0.4) is 0 Å². The average Bonchev–Trinajstić information content (AvgIpc) is 2.67. The van der Waals surface area contributed by atoms with Crippen molar-refractivity contribution in [1.82, 2.24) is 10.2 Å². The van der Waals surface area contributed by atoms with Crippen molar-refractivity contribution >= 4 is 0 Å². The van der Waals surface area contributed by atoms with Crippen LogP contribution in [0.4, 0.5) is 0 Å². The number of nitrogens with one attached hydrogen (secondary N) is 1. The van der Waals surface area contributed by atoms with Gasteiger partial charge >= 0.3 is 0 Å². The summed E-state index contributed by atoms with van der Waals surface area (Å²) in [5.74, 6) is 0.264. The smallest absolute Gasteiger partial charge is 0.0672 e. The van der Waals surface area contributed by atoms with E-state index in [4.69, 9.17) is 5.26 Å². The van der Waals surface area contributed by atoms with Crippen LogP contribution >= 0.6 is 0 Å². The fourth-order valence-corrected chi connectivity index (χ4v) is 3.26. The maximum Gasteiger partial charge on any atom is 0.0672 e. The fourth-order valence-electron chi connectivity index (χ4n) is 3.26. The van der Waals surface area contributed by atoms with E-state index in [-0.39, 0.29) is 5.92 Å². The van der Waals surface area contributed by atoms with Gasteiger partial charge < -0.3 is 10.2 Å². The second-order valence-electron chi connectivity index (χ2n) is 5.50. The molecule has 0 aromatic carbocycles. The van der Waals surface area contributed by atoms with E-state index in [0.29, 0.717) is 12.1 Å². The van der Waals surface area contributed by atoms with Crippen molar-refractivity contribution in [3.63, 3.8) is 0 Å². The van der Waals surface area contributed by atoms with Gasteiger partial charge in [-0.2, -0.15) is 5.26 Å². The van der Waals surface area contributed by atoms with Gasteiger partial charge in [-0.05, 0) is 51.7 Å². The minimum Gasteiger partial charge on any atom is -0.310 e. The minimum absolute atomic E-state index is 0.264. The van der Waals surface area contributed by atoms with Crippen molar-refractivity contribution in [2.24, 2.45) is 5.92 Å². The number of rotatable bonds is 3. The molecule has 17 heavy (non-hydrogen) atoms. The summed E-state index contributed by atoms with van der Waals surface area (Å²) in [5, 5.41) is 12.9. The third kappa shape index (κ3) is 3.43. The lowest BCUT2D eigenvalue weighted by molar-refractivity contribution is 0.293. The predicted molar refractivity (Wildman–Crippen MR) is 69.6 cm³/mol. The van der Waals surface area contributed by atoms with Crippen LogP contribution in [0.1, 0.15) is 45.4 Å².